The SMILES string of the molecule is CC1CCCC(NCc2ccc(-n3ccnc3)cc2)CC1. The Balaban J connectivity index is 1.53. The van der Waals surface area contributed by atoms with Gasteiger partial charge in [-0.05, 0) is 42.9 Å². The fourth-order valence-corrected chi connectivity index (χ4v) is 3.15. The first-order valence-corrected chi connectivity index (χ1v) is 8.12. The van der Waals surface area contributed by atoms with E-state index in [1.165, 1.54) is 43.4 Å². The second-order valence-corrected chi connectivity index (χ2v) is 6.33. The molecule has 3 rings (SSSR count). The number of rotatable bonds is 4. The maximum Gasteiger partial charge on any atom is 0.0991 e. The Morgan fingerprint density at radius 3 is 2.76 bits per heavy atom. The van der Waals surface area contributed by atoms with E-state index in [9.17, 15) is 0 Å². The van der Waals surface area contributed by atoms with Crippen molar-refractivity contribution in [3.8, 4) is 5.69 Å². The van der Waals surface area contributed by atoms with Crippen LogP contribution in [0.15, 0.2) is 43.0 Å². The van der Waals surface area contributed by atoms with Gasteiger partial charge in [-0.1, -0.05) is 31.9 Å². The van der Waals surface area contributed by atoms with Gasteiger partial charge >= 0.3 is 0 Å². The highest BCUT2D eigenvalue weighted by Crippen LogP contribution is 2.22. The Bertz CT molecular complexity index is 530. The smallest absolute Gasteiger partial charge is 0.0991 e. The van der Waals surface area contributed by atoms with Gasteiger partial charge in [0, 0.05) is 30.7 Å². The Morgan fingerprint density at radius 1 is 1.14 bits per heavy atom. The number of benzene rings is 1. The third-order valence-electron chi connectivity index (χ3n) is 4.59. The molecule has 2 unspecified atom stereocenters. The second-order valence-electron chi connectivity index (χ2n) is 6.33. The summed E-state index contributed by atoms with van der Waals surface area (Å²) in [5.74, 6) is 0.909. The molecule has 1 heterocycles. The van der Waals surface area contributed by atoms with E-state index < -0.39 is 0 Å². The summed E-state index contributed by atoms with van der Waals surface area (Å²) in [6, 6.07) is 9.44. The molecular weight excluding hydrogens is 258 g/mol. The maximum absolute atomic E-state index is 4.08. The summed E-state index contributed by atoms with van der Waals surface area (Å²) in [4.78, 5) is 4.08. The molecule has 112 valence electrons. The maximum atomic E-state index is 4.08. The van der Waals surface area contributed by atoms with Crippen LogP contribution in [-0.2, 0) is 6.54 Å². The molecule has 3 heteroatoms. The van der Waals surface area contributed by atoms with Gasteiger partial charge in [0.05, 0.1) is 6.33 Å². The summed E-state index contributed by atoms with van der Waals surface area (Å²) in [7, 11) is 0. The molecule has 3 nitrogen and oxygen atoms in total. The van der Waals surface area contributed by atoms with Crippen LogP contribution in [0.25, 0.3) is 5.69 Å². The summed E-state index contributed by atoms with van der Waals surface area (Å²) in [5, 5.41) is 3.73. The lowest BCUT2D eigenvalue weighted by Crippen LogP contribution is -2.27. The lowest BCUT2D eigenvalue weighted by Gasteiger charge is -2.16. The van der Waals surface area contributed by atoms with Crippen LogP contribution in [0.5, 0.6) is 0 Å². The molecule has 2 atom stereocenters. The zero-order valence-electron chi connectivity index (χ0n) is 12.8. The van der Waals surface area contributed by atoms with Crippen molar-refractivity contribution < 1.29 is 0 Å². The molecular formula is C18H25N3. The Kier molecular flexibility index (Phi) is 4.71. The molecule has 1 aliphatic carbocycles. The van der Waals surface area contributed by atoms with Crippen LogP contribution in [0, 0.1) is 5.92 Å². The van der Waals surface area contributed by atoms with Crippen LogP contribution in [0.3, 0.4) is 0 Å². The molecule has 0 radical (unpaired) electrons. The lowest BCUT2D eigenvalue weighted by atomic mass is 10.0. The second kappa shape index (κ2) is 6.90. The third-order valence-corrected chi connectivity index (χ3v) is 4.59. The van der Waals surface area contributed by atoms with Gasteiger partial charge in [0.15, 0.2) is 0 Å². The molecule has 0 bridgehead atoms. The fourth-order valence-electron chi connectivity index (χ4n) is 3.15. The highest BCUT2D eigenvalue weighted by Gasteiger charge is 2.15. The molecule has 1 aliphatic rings. The van der Waals surface area contributed by atoms with Crippen LogP contribution in [0.1, 0.15) is 44.6 Å². The van der Waals surface area contributed by atoms with Crippen molar-refractivity contribution in [1.82, 2.24) is 14.9 Å². The highest BCUT2D eigenvalue weighted by atomic mass is 15.0. The van der Waals surface area contributed by atoms with Gasteiger partial charge in [-0.3, -0.25) is 0 Å². The van der Waals surface area contributed by atoms with Crippen molar-refractivity contribution in [1.29, 1.82) is 0 Å². The minimum Gasteiger partial charge on any atom is -0.310 e. The van der Waals surface area contributed by atoms with Crippen molar-refractivity contribution in [3.63, 3.8) is 0 Å². The van der Waals surface area contributed by atoms with E-state index in [2.05, 4.69) is 41.5 Å². The molecule has 0 spiro atoms. The summed E-state index contributed by atoms with van der Waals surface area (Å²) in [5.41, 5.74) is 2.52. The van der Waals surface area contributed by atoms with E-state index in [0.29, 0.717) is 6.04 Å². The standard InChI is InChI=1S/C18H25N3/c1-15-3-2-4-17(8-5-15)20-13-16-6-9-18(10-7-16)21-12-11-19-14-21/h6-7,9-12,14-15,17,20H,2-5,8,13H2,1H3. The molecule has 1 aromatic heterocycles. The van der Waals surface area contributed by atoms with Gasteiger partial charge in [0.25, 0.3) is 0 Å². The number of aromatic nitrogens is 2. The van der Waals surface area contributed by atoms with Crippen LogP contribution in [-0.4, -0.2) is 15.6 Å². The van der Waals surface area contributed by atoms with Crippen molar-refractivity contribution >= 4 is 0 Å². The van der Waals surface area contributed by atoms with Crippen molar-refractivity contribution in [3.05, 3.63) is 48.5 Å². The first-order chi connectivity index (χ1) is 10.3. The predicted octanol–water partition coefficient (Wildman–Crippen LogP) is 3.93. The Morgan fingerprint density at radius 2 is 2.00 bits per heavy atom. The first kappa shape index (κ1) is 14.3. The zero-order chi connectivity index (χ0) is 14.5. The predicted molar refractivity (Wildman–Crippen MR) is 86.4 cm³/mol. The minimum absolute atomic E-state index is 0.697. The molecule has 21 heavy (non-hydrogen) atoms. The molecule has 1 saturated carbocycles. The van der Waals surface area contributed by atoms with Crippen molar-refractivity contribution in [2.75, 3.05) is 0 Å². The Hall–Kier alpha value is -1.61. The van der Waals surface area contributed by atoms with E-state index in [-0.39, 0.29) is 0 Å². The summed E-state index contributed by atoms with van der Waals surface area (Å²) < 4.78 is 2.03. The molecule has 1 N–H and O–H groups in total. The van der Waals surface area contributed by atoms with E-state index in [1.54, 1.807) is 0 Å². The highest BCUT2D eigenvalue weighted by molar-refractivity contribution is 5.34. The van der Waals surface area contributed by atoms with E-state index >= 15 is 0 Å². The van der Waals surface area contributed by atoms with Crippen LogP contribution < -0.4 is 5.32 Å². The number of hydrogen-bond donors (Lipinski definition) is 1. The number of imidazole rings is 1. The topological polar surface area (TPSA) is 29.9 Å². The summed E-state index contributed by atoms with van der Waals surface area (Å²) in [6.45, 7) is 3.36. The zero-order valence-corrected chi connectivity index (χ0v) is 12.8. The Labute approximate surface area is 127 Å². The number of nitrogens with zero attached hydrogens (tertiary/aromatic N) is 2. The molecule has 1 aromatic carbocycles. The lowest BCUT2D eigenvalue weighted by molar-refractivity contribution is 0.447. The van der Waals surface area contributed by atoms with Gasteiger partial charge in [-0.15, -0.1) is 0 Å². The largest absolute Gasteiger partial charge is 0.310 e. The normalized spacial score (nSPS) is 22.9. The van der Waals surface area contributed by atoms with Crippen molar-refractivity contribution in [2.45, 2.75) is 51.6 Å². The third kappa shape index (κ3) is 3.94. The van der Waals surface area contributed by atoms with Crippen molar-refractivity contribution in [2.24, 2.45) is 5.92 Å². The first-order valence-electron chi connectivity index (χ1n) is 8.12. The molecule has 0 saturated heterocycles. The van der Waals surface area contributed by atoms with E-state index in [4.69, 9.17) is 0 Å². The van der Waals surface area contributed by atoms with Gasteiger partial charge < -0.3 is 9.88 Å². The van der Waals surface area contributed by atoms with Crippen LogP contribution in [0.4, 0.5) is 0 Å². The molecule has 0 aliphatic heterocycles. The van der Waals surface area contributed by atoms with E-state index in [1.807, 2.05) is 23.3 Å². The van der Waals surface area contributed by atoms with Gasteiger partial charge in [0.2, 0.25) is 0 Å². The summed E-state index contributed by atoms with van der Waals surface area (Å²) >= 11 is 0. The van der Waals surface area contributed by atoms with E-state index in [0.717, 1.165) is 12.5 Å². The summed E-state index contributed by atoms with van der Waals surface area (Å²) in [6.07, 6.45) is 12.4. The fraction of sp³-hybridized carbons (Fsp3) is 0.500. The van der Waals surface area contributed by atoms with Gasteiger partial charge in [-0.25, -0.2) is 4.98 Å². The molecule has 0 amide bonds. The molecule has 2 aromatic rings. The molecule has 1 fully saturated rings. The van der Waals surface area contributed by atoms with Gasteiger partial charge in [0.1, 0.15) is 0 Å². The average molecular weight is 283 g/mol. The number of hydrogen-bond acceptors (Lipinski definition) is 2. The quantitative estimate of drug-likeness (QED) is 0.862. The monoisotopic (exact) mass is 283 g/mol. The van der Waals surface area contributed by atoms with Gasteiger partial charge in [-0.2, -0.15) is 0 Å². The minimum atomic E-state index is 0.697. The van der Waals surface area contributed by atoms with Crippen LogP contribution in [0.2, 0.25) is 0 Å². The number of nitrogens with one attached hydrogen (secondary N) is 1. The average Bonchev–Trinajstić information content (AvgIpc) is 2.96. The van der Waals surface area contributed by atoms with Crippen LogP contribution >= 0.6 is 0 Å².